The number of amides is 3. The average Bonchev–Trinajstić information content (AvgIpc) is 3.64. The molecule has 2 saturated heterocycles. The van der Waals surface area contributed by atoms with E-state index in [1.807, 2.05) is 35.2 Å². The molecular weight excluding hydrogens is 510 g/mol. The summed E-state index contributed by atoms with van der Waals surface area (Å²) < 4.78 is 0. The van der Waals surface area contributed by atoms with E-state index in [9.17, 15) is 14.4 Å². The molecule has 3 fully saturated rings. The van der Waals surface area contributed by atoms with Crippen molar-refractivity contribution in [2.24, 2.45) is 11.3 Å². The second kappa shape index (κ2) is 11.0. The second-order valence-electron chi connectivity index (χ2n) is 12.1. The van der Waals surface area contributed by atoms with Gasteiger partial charge in [0.15, 0.2) is 0 Å². The first-order chi connectivity index (χ1) is 18.9. The molecule has 206 valence electrons. The number of hydrogen-bond acceptors (Lipinski definition) is 3. The zero-order valence-electron chi connectivity index (χ0n) is 22.6. The smallest absolute Gasteiger partial charge is 0.253 e. The van der Waals surface area contributed by atoms with E-state index < -0.39 is 0 Å². The fraction of sp³-hybridized carbons (Fsp3) is 0.531. The molecule has 2 heterocycles. The number of likely N-dealkylation sites (tertiary alicyclic amines) is 2. The third kappa shape index (κ3) is 5.32. The van der Waals surface area contributed by atoms with Crippen LogP contribution in [0.1, 0.15) is 95.7 Å². The largest absolute Gasteiger partial charge is 0.345 e. The number of carbonyl (C=O) groups excluding carboxylic acids is 3. The van der Waals surface area contributed by atoms with Crippen molar-refractivity contribution < 1.29 is 14.4 Å². The van der Waals surface area contributed by atoms with Crippen molar-refractivity contribution in [2.45, 2.75) is 70.3 Å². The van der Waals surface area contributed by atoms with Crippen molar-refractivity contribution in [1.29, 1.82) is 0 Å². The van der Waals surface area contributed by atoms with E-state index >= 15 is 0 Å². The molecule has 3 amide bonds. The van der Waals surface area contributed by atoms with Crippen LogP contribution in [0.5, 0.6) is 0 Å². The molecule has 1 N–H and O–H groups in total. The number of hydrogen-bond donors (Lipinski definition) is 1. The highest BCUT2D eigenvalue weighted by Crippen LogP contribution is 2.47. The van der Waals surface area contributed by atoms with Gasteiger partial charge in [0, 0.05) is 37.7 Å². The van der Waals surface area contributed by atoms with Gasteiger partial charge in [-0.05, 0) is 105 Å². The molecular formula is C32H38ClN3O3. The summed E-state index contributed by atoms with van der Waals surface area (Å²) in [6.07, 6.45) is 10.2. The molecule has 7 heteroatoms. The lowest BCUT2D eigenvalue weighted by atomic mass is 9.65. The van der Waals surface area contributed by atoms with Crippen molar-refractivity contribution in [3.63, 3.8) is 0 Å². The molecule has 0 aromatic heterocycles. The van der Waals surface area contributed by atoms with Gasteiger partial charge in [-0.1, -0.05) is 29.8 Å². The summed E-state index contributed by atoms with van der Waals surface area (Å²) in [4.78, 5) is 43.3. The molecule has 6 rings (SSSR count). The maximum Gasteiger partial charge on any atom is 0.253 e. The Morgan fingerprint density at radius 3 is 2.28 bits per heavy atom. The van der Waals surface area contributed by atoms with Crippen LogP contribution in [0.4, 0.5) is 0 Å². The molecule has 0 bridgehead atoms. The molecule has 6 nitrogen and oxygen atoms in total. The predicted octanol–water partition coefficient (Wildman–Crippen LogP) is 5.79. The van der Waals surface area contributed by atoms with Gasteiger partial charge in [-0.25, -0.2) is 0 Å². The molecule has 1 spiro atoms. The van der Waals surface area contributed by atoms with Crippen LogP contribution in [-0.2, 0) is 11.2 Å². The Hall–Kier alpha value is -2.86. The van der Waals surface area contributed by atoms with Crippen molar-refractivity contribution in [3.8, 4) is 0 Å². The molecule has 2 aliphatic heterocycles. The number of piperidine rings is 1. The Labute approximate surface area is 236 Å². The van der Waals surface area contributed by atoms with Crippen LogP contribution in [0.2, 0.25) is 5.02 Å². The second-order valence-corrected chi connectivity index (χ2v) is 12.5. The van der Waals surface area contributed by atoms with Gasteiger partial charge in [0.1, 0.15) is 0 Å². The Morgan fingerprint density at radius 1 is 0.846 bits per heavy atom. The summed E-state index contributed by atoms with van der Waals surface area (Å²) in [6, 6.07) is 12.9. The van der Waals surface area contributed by atoms with Crippen LogP contribution in [0.25, 0.3) is 0 Å². The van der Waals surface area contributed by atoms with Gasteiger partial charge in [0.2, 0.25) is 5.91 Å². The minimum Gasteiger partial charge on any atom is -0.345 e. The number of benzene rings is 2. The van der Waals surface area contributed by atoms with E-state index in [0.717, 1.165) is 96.0 Å². The van der Waals surface area contributed by atoms with Crippen molar-refractivity contribution >= 4 is 29.3 Å². The summed E-state index contributed by atoms with van der Waals surface area (Å²) in [6.45, 7) is 3.42. The molecule has 2 aliphatic carbocycles. The minimum atomic E-state index is -0.187. The molecule has 2 aromatic carbocycles. The Kier molecular flexibility index (Phi) is 7.41. The lowest BCUT2D eigenvalue weighted by Crippen LogP contribution is -2.46. The molecule has 4 aliphatic rings. The lowest BCUT2D eigenvalue weighted by molar-refractivity contribution is -0.136. The number of halogens is 1. The third-order valence-electron chi connectivity index (χ3n) is 9.82. The van der Waals surface area contributed by atoms with Crippen LogP contribution in [0, 0.1) is 11.3 Å². The fourth-order valence-corrected chi connectivity index (χ4v) is 7.53. The molecule has 0 unspecified atom stereocenters. The van der Waals surface area contributed by atoms with E-state index in [1.54, 1.807) is 12.1 Å². The summed E-state index contributed by atoms with van der Waals surface area (Å²) in [5.74, 6) is 0.473. The summed E-state index contributed by atoms with van der Waals surface area (Å²) >= 11 is 6.23. The minimum absolute atomic E-state index is 0.0774. The van der Waals surface area contributed by atoms with Crippen LogP contribution in [0.15, 0.2) is 42.5 Å². The van der Waals surface area contributed by atoms with Gasteiger partial charge in [-0.15, -0.1) is 0 Å². The van der Waals surface area contributed by atoms with Crippen molar-refractivity contribution in [2.75, 3.05) is 26.2 Å². The first-order valence-electron chi connectivity index (χ1n) is 14.7. The summed E-state index contributed by atoms with van der Waals surface area (Å²) in [7, 11) is 0. The summed E-state index contributed by atoms with van der Waals surface area (Å²) in [5.41, 5.74) is 3.68. The van der Waals surface area contributed by atoms with E-state index in [4.69, 9.17) is 11.6 Å². The number of carbonyl (C=O) groups is 3. The van der Waals surface area contributed by atoms with E-state index in [-0.39, 0.29) is 29.2 Å². The average molecular weight is 548 g/mol. The number of aryl methyl sites for hydroxylation is 1. The monoisotopic (exact) mass is 547 g/mol. The zero-order valence-corrected chi connectivity index (χ0v) is 23.3. The van der Waals surface area contributed by atoms with E-state index in [0.29, 0.717) is 22.1 Å². The van der Waals surface area contributed by atoms with Crippen LogP contribution < -0.4 is 5.32 Å². The molecule has 0 radical (unpaired) electrons. The van der Waals surface area contributed by atoms with Gasteiger partial charge in [-0.2, -0.15) is 0 Å². The maximum absolute atomic E-state index is 13.5. The molecule has 2 aromatic rings. The first kappa shape index (κ1) is 26.4. The highest BCUT2D eigenvalue weighted by Gasteiger charge is 2.41. The lowest BCUT2D eigenvalue weighted by Gasteiger charge is -2.46. The van der Waals surface area contributed by atoms with Gasteiger partial charge < -0.3 is 15.1 Å². The van der Waals surface area contributed by atoms with Gasteiger partial charge in [0.25, 0.3) is 11.8 Å². The van der Waals surface area contributed by atoms with E-state index in [1.165, 1.54) is 5.56 Å². The molecule has 39 heavy (non-hydrogen) atoms. The number of nitrogens with zero attached hydrogens (tertiary/aromatic N) is 2. The van der Waals surface area contributed by atoms with Crippen molar-refractivity contribution in [3.05, 3.63) is 69.7 Å². The maximum atomic E-state index is 13.5. The number of nitrogens with one attached hydrogen (secondary N) is 1. The number of rotatable bonds is 4. The number of fused-ring (bicyclic) bond motifs is 1. The van der Waals surface area contributed by atoms with Crippen molar-refractivity contribution in [1.82, 2.24) is 15.1 Å². The third-order valence-corrected chi connectivity index (χ3v) is 10.1. The Bertz CT molecular complexity index is 1250. The fourth-order valence-electron chi connectivity index (χ4n) is 7.31. The Morgan fingerprint density at radius 2 is 1.56 bits per heavy atom. The normalized spacial score (nSPS) is 22.6. The SMILES string of the molecule is O=C(N[C@@H]1CCc2ccc(C(=O)N3CCC4(CCC(C(=O)N5CCCC5)CC4)CC3)cc21)c1ccccc1Cl. The van der Waals surface area contributed by atoms with Gasteiger partial charge in [-0.3, -0.25) is 14.4 Å². The van der Waals surface area contributed by atoms with E-state index in [2.05, 4.69) is 10.2 Å². The predicted molar refractivity (Wildman–Crippen MR) is 152 cm³/mol. The van der Waals surface area contributed by atoms with Crippen LogP contribution in [-0.4, -0.2) is 53.7 Å². The quantitative estimate of drug-likeness (QED) is 0.526. The molecule has 1 atom stereocenters. The van der Waals surface area contributed by atoms with Gasteiger partial charge >= 0.3 is 0 Å². The standard InChI is InChI=1S/C32H38ClN3O3/c33-27-6-2-1-5-25(27)29(37)34-28-10-9-22-7-8-24(21-26(22)28)31(39)36-19-15-32(16-20-36)13-11-23(12-14-32)30(38)35-17-3-4-18-35/h1-2,5-8,21,23,28H,3-4,9-20H2,(H,34,37)/t28-/m1/s1. The first-order valence-corrected chi connectivity index (χ1v) is 15.1. The highest BCUT2D eigenvalue weighted by atomic mass is 35.5. The molecule has 1 saturated carbocycles. The van der Waals surface area contributed by atoms with Crippen LogP contribution >= 0.6 is 11.6 Å². The Balaban J connectivity index is 1.06. The van der Waals surface area contributed by atoms with Crippen LogP contribution in [0.3, 0.4) is 0 Å². The highest BCUT2D eigenvalue weighted by molar-refractivity contribution is 6.33. The topological polar surface area (TPSA) is 69.7 Å². The zero-order chi connectivity index (χ0) is 27.0. The summed E-state index contributed by atoms with van der Waals surface area (Å²) in [5, 5.41) is 3.57. The van der Waals surface area contributed by atoms with Gasteiger partial charge in [0.05, 0.1) is 16.6 Å².